The number of nitrogens with one attached hydrogen (secondary N) is 1. The van der Waals surface area contributed by atoms with Crippen molar-refractivity contribution in [1.82, 2.24) is 4.90 Å². The number of nitrogens with zero attached hydrogens (tertiary/aromatic N) is 1. The number of benzene rings is 1. The van der Waals surface area contributed by atoms with Crippen LogP contribution in [0.25, 0.3) is 0 Å². The van der Waals surface area contributed by atoms with Gasteiger partial charge in [0.05, 0.1) is 6.61 Å². The van der Waals surface area contributed by atoms with Gasteiger partial charge in [0, 0.05) is 18.2 Å². The maximum absolute atomic E-state index is 9.42. The molecule has 1 aliphatic rings. The van der Waals surface area contributed by atoms with E-state index in [0.717, 1.165) is 25.1 Å². The van der Waals surface area contributed by atoms with Crippen molar-refractivity contribution in [1.29, 1.82) is 5.41 Å². The molecule has 0 aliphatic carbocycles. The first-order valence-corrected chi connectivity index (χ1v) is 6.40. The van der Waals surface area contributed by atoms with Crippen molar-refractivity contribution in [3.63, 3.8) is 0 Å². The number of likely N-dealkylation sites (tertiary alicyclic amines) is 1. The second-order valence-corrected chi connectivity index (χ2v) is 5.10. The first kappa shape index (κ1) is 13.1. The molecule has 1 aliphatic heterocycles. The van der Waals surface area contributed by atoms with E-state index < -0.39 is 0 Å². The normalized spacial score (nSPS) is 24.3. The lowest BCUT2D eigenvalue weighted by atomic mass is 10.0. The smallest absolute Gasteiger partial charge is 0.122 e. The summed E-state index contributed by atoms with van der Waals surface area (Å²) in [6.07, 6.45) is 1.15. The van der Waals surface area contributed by atoms with Gasteiger partial charge in [0.2, 0.25) is 0 Å². The number of nitrogen functional groups attached to an aromatic ring is 1. The zero-order valence-corrected chi connectivity index (χ0v) is 10.8. The van der Waals surface area contributed by atoms with Crippen molar-refractivity contribution in [2.75, 3.05) is 13.2 Å². The third kappa shape index (κ3) is 2.71. The second-order valence-electron chi connectivity index (χ2n) is 5.10. The quantitative estimate of drug-likeness (QED) is 0.552. The van der Waals surface area contributed by atoms with Crippen LogP contribution in [0.1, 0.15) is 24.5 Å². The highest BCUT2D eigenvalue weighted by molar-refractivity contribution is 5.94. The molecule has 2 atom stereocenters. The van der Waals surface area contributed by atoms with Gasteiger partial charge in [-0.05, 0) is 24.4 Å². The highest BCUT2D eigenvalue weighted by atomic mass is 16.3. The van der Waals surface area contributed by atoms with Crippen LogP contribution in [-0.2, 0) is 6.54 Å². The van der Waals surface area contributed by atoms with Gasteiger partial charge in [-0.25, -0.2) is 0 Å². The predicted octanol–water partition coefficient (Wildman–Crippen LogP) is 1.17. The maximum Gasteiger partial charge on any atom is 0.122 e. The lowest BCUT2D eigenvalue weighted by molar-refractivity contribution is 0.134. The molecule has 0 aromatic heterocycles. The number of nitrogens with two attached hydrogens (primary N) is 1. The molecular formula is C14H21N3O. The molecule has 1 saturated heterocycles. The molecule has 18 heavy (non-hydrogen) atoms. The monoisotopic (exact) mass is 247 g/mol. The average molecular weight is 247 g/mol. The van der Waals surface area contributed by atoms with E-state index >= 15 is 0 Å². The minimum absolute atomic E-state index is 0.101. The topological polar surface area (TPSA) is 73.3 Å². The molecule has 0 spiro atoms. The van der Waals surface area contributed by atoms with Gasteiger partial charge in [-0.1, -0.05) is 31.2 Å². The Morgan fingerprint density at radius 1 is 1.44 bits per heavy atom. The molecule has 4 N–H and O–H groups in total. The van der Waals surface area contributed by atoms with Gasteiger partial charge in [0.25, 0.3) is 0 Å². The predicted molar refractivity (Wildman–Crippen MR) is 72.5 cm³/mol. The number of aliphatic hydroxyl groups is 1. The molecule has 2 unspecified atom stereocenters. The van der Waals surface area contributed by atoms with Crippen molar-refractivity contribution in [2.45, 2.75) is 25.9 Å². The minimum atomic E-state index is 0.101. The van der Waals surface area contributed by atoms with Crippen molar-refractivity contribution >= 4 is 5.84 Å². The lowest BCUT2D eigenvalue weighted by Gasteiger charge is -2.25. The Balaban J connectivity index is 2.03. The van der Waals surface area contributed by atoms with E-state index in [0.29, 0.717) is 5.92 Å². The summed E-state index contributed by atoms with van der Waals surface area (Å²) in [5.74, 6) is 0.663. The summed E-state index contributed by atoms with van der Waals surface area (Å²) in [6.45, 7) is 4.32. The Labute approximate surface area is 108 Å². The van der Waals surface area contributed by atoms with Crippen LogP contribution in [0.5, 0.6) is 0 Å². The molecule has 1 aromatic carbocycles. The Bertz CT molecular complexity index is 416. The van der Waals surface area contributed by atoms with Gasteiger partial charge < -0.3 is 10.8 Å². The Hall–Kier alpha value is -1.39. The second kappa shape index (κ2) is 5.50. The van der Waals surface area contributed by atoms with Crippen LogP contribution in [0.2, 0.25) is 0 Å². The van der Waals surface area contributed by atoms with Gasteiger partial charge in [-0.2, -0.15) is 0 Å². The molecule has 98 valence electrons. The van der Waals surface area contributed by atoms with Crippen LogP contribution < -0.4 is 5.73 Å². The number of hydrogen-bond donors (Lipinski definition) is 3. The number of rotatable bonds is 4. The fraction of sp³-hybridized carbons (Fsp3) is 0.500. The van der Waals surface area contributed by atoms with Gasteiger partial charge >= 0.3 is 0 Å². The molecule has 0 amide bonds. The third-order valence-corrected chi connectivity index (χ3v) is 3.84. The van der Waals surface area contributed by atoms with Crippen LogP contribution in [-0.4, -0.2) is 35.0 Å². The van der Waals surface area contributed by atoms with Gasteiger partial charge in [-0.15, -0.1) is 0 Å². The highest BCUT2D eigenvalue weighted by Gasteiger charge is 2.30. The zero-order valence-electron chi connectivity index (χ0n) is 10.8. The molecule has 4 nitrogen and oxygen atoms in total. The Kier molecular flexibility index (Phi) is 3.99. The fourth-order valence-electron chi connectivity index (χ4n) is 2.60. The van der Waals surface area contributed by atoms with E-state index in [4.69, 9.17) is 11.1 Å². The van der Waals surface area contributed by atoms with Crippen LogP contribution >= 0.6 is 0 Å². The van der Waals surface area contributed by atoms with E-state index in [-0.39, 0.29) is 18.5 Å². The van der Waals surface area contributed by atoms with Gasteiger partial charge in [0.15, 0.2) is 0 Å². The van der Waals surface area contributed by atoms with E-state index in [1.54, 1.807) is 0 Å². The van der Waals surface area contributed by atoms with Gasteiger partial charge in [0.1, 0.15) is 5.84 Å². The molecule has 4 heteroatoms. The molecule has 1 fully saturated rings. The van der Waals surface area contributed by atoms with Crippen molar-refractivity contribution in [3.8, 4) is 0 Å². The standard InChI is InChI=1S/C14H21N3O/c1-10-6-7-17(13(10)9-18)8-11-2-4-12(5-3-11)14(15)16/h2-5,10,13,18H,6-9H2,1H3,(H3,15,16). The third-order valence-electron chi connectivity index (χ3n) is 3.84. The van der Waals surface area contributed by atoms with Crippen LogP contribution in [0.15, 0.2) is 24.3 Å². The summed E-state index contributed by atoms with van der Waals surface area (Å²) in [6, 6.07) is 8.05. The Morgan fingerprint density at radius 2 is 2.11 bits per heavy atom. The van der Waals surface area contributed by atoms with E-state index in [1.807, 2.05) is 24.3 Å². The maximum atomic E-state index is 9.42. The van der Waals surface area contributed by atoms with E-state index in [9.17, 15) is 5.11 Å². The molecule has 0 saturated carbocycles. The number of amidine groups is 1. The van der Waals surface area contributed by atoms with Crippen molar-refractivity contribution < 1.29 is 5.11 Å². The molecule has 0 radical (unpaired) electrons. The first-order chi connectivity index (χ1) is 8.61. The summed E-state index contributed by atoms with van der Waals surface area (Å²) < 4.78 is 0. The lowest BCUT2D eigenvalue weighted by Crippen LogP contribution is -2.34. The number of aliphatic hydroxyl groups excluding tert-OH is 1. The molecule has 2 rings (SSSR count). The zero-order chi connectivity index (χ0) is 13.1. The van der Waals surface area contributed by atoms with E-state index in [2.05, 4.69) is 11.8 Å². The molecular weight excluding hydrogens is 226 g/mol. The highest BCUT2D eigenvalue weighted by Crippen LogP contribution is 2.25. The fourth-order valence-corrected chi connectivity index (χ4v) is 2.60. The van der Waals surface area contributed by atoms with Crippen LogP contribution in [0, 0.1) is 11.3 Å². The summed E-state index contributed by atoms with van der Waals surface area (Å²) in [5.41, 5.74) is 7.39. The van der Waals surface area contributed by atoms with E-state index in [1.165, 1.54) is 5.56 Å². The molecule has 0 bridgehead atoms. The largest absolute Gasteiger partial charge is 0.395 e. The molecule has 1 heterocycles. The summed E-state index contributed by atoms with van der Waals surface area (Å²) >= 11 is 0. The van der Waals surface area contributed by atoms with Crippen molar-refractivity contribution in [2.24, 2.45) is 11.7 Å². The van der Waals surface area contributed by atoms with Crippen LogP contribution in [0.4, 0.5) is 0 Å². The summed E-state index contributed by atoms with van der Waals surface area (Å²) in [4.78, 5) is 2.33. The Morgan fingerprint density at radius 3 is 2.67 bits per heavy atom. The summed E-state index contributed by atoms with van der Waals surface area (Å²) in [7, 11) is 0. The van der Waals surface area contributed by atoms with Crippen LogP contribution in [0.3, 0.4) is 0 Å². The van der Waals surface area contributed by atoms with Gasteiger partial charge in [-0.3, -0.25) is 10.3 Å². The SMILES string of the molecule is CC1CCN(Cc2ccc(C(=N)N)cc2)C1CO. The first-order valence-electron chi connectivity index (χ1n) is 6.40. The summed E-state index contributed by atoms with van der Waals surface area (Å²) in [5, 5.41) is 16.8. The minimum Gasteiger partial charge on any atom is -0.395 e. The molecule has 1 aromatic rings. The number of hydrogen-bond acceptors (Lipinski definition) is 3. The van der Waals surface area contributed by atoms with Crippen molar-refractivity contribution in [3.05, 3.63) is 35.4 Å². The average Bonchev–Trinajstić information content (AvgIpc) is 2.70.